The Morgan fingerprint density at radius 3 is 2.72 bits per heavy atom. The van der Waals surface area contributed by atoms with Crippen LogP contribution in [0.3, 0.4) is 0 Å². The first-order valence-electron chi connectivity index (χ1n) is 8.84. The number of nitrogens with zero attached hydrogens (tertiary/aromatic N) is 3. The topological polar surface area (TPSA) is 87.5 Å². The van der Waals surface area contributed by atoms with Crippen molar-refractivity contribution in [2.45, 2.75) is 64.1 Å². The lowest BCUT2D eigenvalue weighted by molar-refractivity contribution is -0.137. The molecule has 1 aromatic heterocycles. The van der Waals surface area contributed by atoms with Crippen LogP contribution in [0.5, 0.6) is 0 Å². The predicted molar refractivity (Wildman–Crippen MR) is 98.6 cm³/mol. The molecule has 2 N–H and O–H groups in total. The van der Waals surface area contributed by atoms with Gasteiger partial charge in [-0.05, 0) is 39.2 Å². The first-order chi connectivity index (χ1) is 11.6. The van der Waals surface area contributed by atoms with Crippen LogP contribution in [0.2, 0.25) is 0 Å². The molecule has 1 atom stereocenters. The monoisotopic (exact) mass is 370 g/mol. The Labute approximate surface area is 153 Å². The second-order valence-corrected chi connectivity index (χ2v) is 6.89. The fourth-order valence-electron chi connectivity index (χ4n) is 4.03. The maximum atomic E-state index is 12.4. The van der Waals surface area contributed by atoms with E-state index in [2.05, 4.69) is 15.2 Å². The average Bonchev–Trinajstić information content (AvgIpc) is 3.21. The molecule has 2 aliphatic rings. The van der Waals surface area contributed by atoms with Gasteiger partial charge < -0.3 is 10.4 Å². The normalized spacial score (nSPS) is 21.2. The minimum absolute atomic E-state index is 0. The number of aromatic nitrogens is 2. The van der Waals surface area contributed by atoms with Crippen LogP contribution in [0.1, 0.15) is 44.2 Å². The van der Waals surface area contributed by atoms with Crippen molar-refractivity contribution in [1.29, 1.82) is 0 Å². The highest BCUT2D eigenvalue weighted by Crippen LogP contribution is 2.29. The minimum Gasteiger partial charge on any atom is -0.480 e. The summed E-state index contributed by atoms with van der Waals surface area (Å²) in [5.41, 5.74) is 0.198. The third-order valence-corrected chi connectivity index (χ3v) is 5.27. The van der Waals surface area contributed by atoms with E-state index in [9.17, 15) is 9.59 Å². The van der Waals surface area contributed by atoms with Gasteiger partial charge in [0.15, 0.2) is 5.82 Å². The fourth-order valence-corrected chi connectivity index (χ4v) is 4.03. The van der Waals surface area contributed by atoms with Crippen LogP contribution in [0, 0.1) is 6.92 Å². The fraction of sp³-hybridized carbons (Fsp3) is 0.706. The summed E-state index contributed by atoms with van der Waals surface area (Å²) in [6.07, 6.45) is 9.10. The highest BCUT2D eigenvalue weighted by Gasteiger charge is 2.32. The van der Waals surface area contributed by atoms with Crippen molar-refractivity contribution in [3.8, 4) is 0 Å². The molecule has 1 saturated carbocycles. The quantitative estimate of drug-likeness (QED) is 0.795. The minimum atomic E-state index is -1.03. The number of likely N-dealkylation sites (tertiary alicyclic amines) is 1. The summed E-state index contributed by atoms with van der Waals surface area (Å²) >= 11 is 0. The van der Waals surface area contributed by atoms with E-state index in [1.54, 1.807) is 13.1 Å². The number of carboxylic acid groups (broad SMARTS) is 1. The number of aryl methyl sites for hydroxylation is 1. The summed E-state index contributed by atoms with van der Waals surface area (Å²) < 4.78 is 1.25. The molecule has 0 spiro atoms. The van der Waals surface area contributed by atoms with Crippen molar-refractivity contribution in [3.63, 3.8) is 0 Å². The number of anilines is 1. The smallest absolute Gasteiger partial charge is 0.323 e. The number of hydrogen-bond acceptors (Lipinski definition) is 5. The maximum Gasteiger partial charge on any atom is 0.323 e. The van der Waals surface area contributed by atoms with Gasteiger partial charge in [0.1, 0.15) is 6.54 Å². The number of nitrogens with one attached hydrogen (secondary N) is 1. The van der Waals surface area contributed by atoms with Gasteiger partial charge in [-0.25, -0.2) is 4.98 Å². The molecule has 7 nitrogen and oxygen atoms in total. The highest BCUT2D eigenvalue weighted by atomic mass is 35.5. The molecule has 1 aliphatic carbocycles. The number of hydrogen-bond donors (Lipinski definition) is 2. The van der Waals surface area contributed by atoms with Crippen LogP contribution < -0.4 is 10.9 Å². The van der Waals surface area contributed by atoms with Crippen molar-refractivity contribution in [2.24, 2.45) is 0 Å². The summed E-state index contributed by atoms with van der Waals surface area (Å²) in [4.78, 5) is 30.1. The van der Waals surface area contributed by atoms with Gasteiger partial charge in [0, 0.05) is 30.5 Å². The Hall–Kier alpha value is -1.60. The van der Waals surface area contributed by atoms with Gasteiger partial charge >= 0.3 is 5.97 Å². The second-order valence-electron chi connectivity index (χ2n) is 6.89. The van der Waals surface area contributed by atoms with Gasteiger partial charge in [0.05, 0.1) is 0 Å². The first kappa shape index (κ1) is 19.7. The van der Waals surface area contributed by atoms with Crippen molar-refractivity contribution >= 4 is 24.2 Å². The molecule has 0 unspecified atom stereocenters. The van der Waals surface area contributed by atoms with Gasteiger partial charge in [-0.1, -0.05) is 12.8 Å². The van der Waals surface area contributed by atoms with Crippen LogP contribution in [-0.2, 0) is 11.3 Å². The van der Waals surface area contributed by atoms with Gasteiger partial charge in [0.25, 0.3) is 5.56 Å². The van der Waals surface area contributed by atoms with Crippen molar-refractivity contribution in [2.75, 3.05) is 18.4 Å². The van der Waals surface area contributed by atoms with Crippen LogP contribution in [0.15, 0.2) is 11.0 Å². The lowest BCUT2D eigenvalue weighted by Crippen LogP contribution is -2.42. The summed E-state index contributed by atoms with van der Waals surface area (Å²) in [6, 6.07) is 1.12. The van der Waals surface area contributed by atoms with Gasteiger partial charge in [-0.2, -0.15) is 0 Å². The zero-order valence-corrected chi connectivity index (χ0v) is 15.4. The van der Waals surface area contributed by atoms with Crippen molar-refractivity contribution in [1.82, 2.24) is 14.5 Å². The van der Waals surface area contributed by atoms with Crippen molar-refractivity contribution < 1.29 is 9.90 Å². The van der Waals surface area contributed by atoms with Gasteiger partial charge in [0.2, 0.25) is 0 Å². The number of carboxylic acids is 1. The number of aliphatic carboxylic acids is 1. The number of halogens is 1. The number of rotatable bonds is 6. The molecule has 2 heterocycles. The van der Waals surface area contributed by atoms with E-state index < -0.39 is 5.97 Å². The molecule has 3 rings (SSSR count). The Morgan fingerprint density at radius 1 is 1.32 bits per heavy atom. The third kappa shape index (κ3) is 4.52. The molecule has 1 saturated heterocycles. The van der Waals surface area contributed by atoms with E-state index in [0.717, 1.165) is 13.0 Å². The van der Waals surface area contributed by atoms with E-state index in [1.165, 1.54) is 36.7 Å². The molecule has 1 aliphatic heterocycles. The molecule has 8 heteroatoms. The Bertz CT molecular complexity index is 658. The molecule has 0 bridgehead atoms. The largest absolute Gasteiger partial charge is 0.480 e. The molecule has 1 aromatic rings. The molecule has 25 heavy (non-hydrogen) atoms. The SMILES string of the molecule is Cc1cnc(NC[C@H]2CCCN2C2CCCC2)c(=O)n1CC(=O)O.Cl. The summed E-state index contributed by atoms with van der Waals surface area (Å²) in [5, 5.41) is 12.1. The van der Waals surface area contributed by atoms with Crippen LogP contribution in [0.25, 0.3) is 0 Å². The Kier molecular flexibility index (Phi) is 6.84. The summed E-state index contributed by atoms with van der Waals surface area (Å²) in [5.74, 6) is -0.777. The highest BCUT2D eigenvalue weighted by molar-refractivity contribution is 5.85. The molecular weight excluding hydrogens is 344 g/mol. The molecular formula is C17H27ClN4O3. The Morgan fingerprint density at radius 2 is 2.04 bits per heavy atom. The van der Waals surface area contributed by atoms with Crippen LogP contribution in [0.4, 0.5) is 5.82 Å². The molecule has 0 amide bonds. The maximum absolute atomic E-state index is 12.4. The Balaban J connectivity index is 0.00000225. The number of carbonyl (C=O) groups is 1. The standard InChI is InChI=1S/C17H26N4O3.ClH/c1-12-9-18-16(17(24)21(12)11-15(22)23)19-10-14-7-4-8-20(14)13-5-2-3-6-13;/h9,13-14H,2-8,10-11H2,1H3,(H,18,19)(H,22,23);1H/t14-;/m1./s1. The average molecular weight is 371 g/mol. The van der Waals surface area contributed by atoms with E-state index in [-0.39, 0.29) is 30.3 Å². The van der Waals surface area contributed by atoms with Gasteiger partial charge in [-0.3, -0.25) is 19.1 Å². The zero-order valence-electron chi connectivity index (χ0n) is 14.6. The summed E-state index contributed by atoms with van der Waals surface area (Å²) in [7, 11) is 0. The second kappa shape index (κ2) is 8.67. The first-order valence-corrected chi connectivity index (χ1v) is 8.84. The lowest BCUT2D eigenvalue weighted by atomic mass is 10.1. The zero-order chi connectivity index (χ0) is 17.1. The van der Waals surface area contributed by atoms with E-state index in [1.807, 2.05) is 0 Å². The summed E-state index contributed by atoms with van der Waals surface area (Å²) in [6.45, 7) is 3.19. The predicted octanol–water partition coefficient (Wildman–Crippen LogP) is 1.88. The van der Waals surface area contributed by atoms with Crippen molar-refractivity contribution in [3.05, 3.63) is 22.2 Å². The van der Waals surface area contributed by atoms with Crippen LogP contribution in [-0.4, -0.2) is 50.7 Å². The molecule has 0 aromatic carbocycles. The van der Waals surface area contributed by atoms with Gasteiger partial charge in [-0.15, -0.1) is 12.4 Å². The lowest BCUT2D eigenvalue weighted by Gasteiger charge is -2.30. The van der Waals surface area contributed by atoms with Crippen LogP contribution >= 0.6 is 12.4 Å². The third-order valence-electron chi connectivity index (χ3n) is 5.27. The van der Waals surface area contributed by atoms with E-state index in [0.29, 0.717) is 24.3 Å². The van der Waals surface area contributed by atoms with E-state index >= 15 is 0 Å². The molecule has 0 radical (unpaired) electrons. The molecule has 140 valence electrons. The van der Waals surface area contributed by atoms with E-state index in [4.69, 9.17) is 5.11 Å². The molecule has 2 fully saturated rings.